The number of aromatic amines is 1. The number of amides is 2. The minimum absolute atomic E-state index is 0.189. The number of ether oxygens (including phenoxy) is 2. The van der Waals surface area contributed by atoms with Gasteiger partial charge in [0.05, 0.1) is 24.8 Å². The molecule has 43 heavy (non-hydrogen) atoms. The van der Waals surface area contributed by atoms with Crippen LogP contribution in [0.3, 0.4) is 0 Å². The zero-order valence-corrected chi connectivity index (χ0v) is 24.6. The smallest absolute Gasteiger partial charge is 0.407 e. The highest BCUT2D eigenvalue weighted by molar-refractivity contribution is 5.97. The number of hydrogen-bond donors (Lipinski definition) is 4. The number of aromatic nitrogens is 2. The van der Waals surface area contributed by atoms with Crippen LogP contribution in [0.1, 0.15) is 43.6 Å². The third-order valence-electron chi connectivity index (χ3n) is 6.50. The minimum atomic E-state index is -0.964. The Morgan fingerprint density at radius 1 is 1.07 bits per heavy atom. The van der Waals surface area contributed by atoms with E-state index >= 15 is 0 Å². The number of nitrogens with zero attached hydrogens (tertiary/aromatic N) is 2. The van der Waals surface area contributed by atoms with Gasteiger partial charge in [-0.2, -0.15) is 5.26 Å². The SMILES string of the molecule is COC(=O)c1cc(-c2ccc(NC(C)=O)nc2)ccc1NC(C#N)[C@H](Cc1c[nH]c2ccccc12)NC(=O)OC(C)(C)C. The van der Waals surface area contributed by atoms with Gasteiger partial charge < -0.3 is 30.4 Å². The number of esters is 1. The lowest BCUT2D eigenvalue weighted by atomic mass is 9.98. The van der Waals surface area contributed by atoms with E-state index in [-0.39, 0.29) is 11.5 Å². The highest BCUT2D eigenvalue weighted by Gasteiger charge is 2.28. The summed E-state index contributed by atoms with van der Waals surface area (Å²) < 4.78 is 10.5. The standard InChI is InChI=1S/C32H34N6O5/c1-19(39)36-29-13-11-21(17-35-29)20-10-12-26(24(14-20)30(40)42-5)37-28(16-33)27(38-31(41)43-32(2,3)4)15-22-18-34-25-9-7-6-8-23(22)25/h6-14,17-18,27-28,34,37H,15H2,1-5H3,(H,38,41)(H,35,36,39)/t27-,28?/m0/s1. The van der Waals surface area contributed by atoms with Crippen LogP contribution < -0.4 is 16.0 Å². The largest absolute Gasteiger partial charge is 0.465 e. The Labute approximate surface area is 249 Å². The molecule has 0 fully saturated rings. The lowest BCUT2D eigenvalue weighted by Crippen LogP contribution is -2.49. The van der Waals surface area contributed by atoms with Crippen molar-refractivity contribution in [2.75, 3.05) is 17.7 Å². The van der Waals surface area contributed by atoms with E-state index in [0.717, 1.165) is 16.5 Å². The molecule has 0 spiro atoms. The van der Waals surface area contributed by atoms with Gasteiger partial charge in [0.2, 0.25) is 5.91 Å². The monoisotopic (exact) mass is 582 g/mol. The van der Waals surface area contributed by atoms with Crippen LogP contribution in [0.2, 0.25) is 0 Å². The van der Waals surface area contributed by atoms with E-state index < -0.39 is 29.7 Å². The fraction of sp³-hybridized carbons (Fsp3) is 0.281. The van der Waals surface area contributed by atoms with Gasteiger partial charge in [-0.05, 0) is 68.7 Å². The molecule has 2 atom stereocenters. The van der Waals surface area contributed by atoms with Crippen molar-refractivity contribution in [3.8, 4) is 17.2 Å². The van der Waals surface area contributed by atoms with Crippen molar-refractivity contribution < 1.29 is 23.9 Å². The molecule has 2 amide bonds. The summed E-state index contributed by atoms with van der Waals surface area (Å²) in [5, 5.41) is 19.9. The van der Waals surface area contributed by atoms with Gasteiger partial charge in [-0.3, -0.25) is 4.79 Å². The molecule has 11 nitrogen and oxygen atoms in total. The fourth-order valence-electron chi connectivity index (χ4n) is 4.59. The first-order valence-corrected chi connectivity index (χ1v) is 13.6. The number of carbonyl (C=O) groups is 3. The van der Waals surface area contributed by atoms with Crippen molar-refractivity contribution in [2.24, 2.45) is 0 Å². The van der Waals surface area contributed by atoms with Crippen molar-refractivity contribution >= 4 is 40.4 Å². The Kier molecular flexibility index (Phi) is 9.30. The van der Waals surface area contributed by atoms with Crippen LogP contribution in [-0.2, 0) is 20.7 Å². The number of fused-ring (bicyclic) bond motifs is 1. The van der Waals surface area contributed by atoms with Gasteiger partial charge in [0.1, 0.15) is 17.5 Å². The quantitative estimate of drug-likeness (QED) is 0.191. The average Bonchev–Trinajstić information content (AvgIpc) is 3.37. The first kappa shape index (κ1) is 30.6. The van der Waals surface area contributed by atoms with Crippen LogP contribution in [0.25, 0.3) is 22.0 Å². The van der Waals surface area contributed by atoms with Crippen LogP contribution in [0.15, 0.2) is 67.0 Å². The Hall–Kier alpha value is -5.37. The van der Waals surface area contributed by atoms with Gasteiger partial charge >= 0.3 is 12.1 Å². The lowest BCUT2D eigenvalue weighted by Gasteiger charge is -2.27. The molecule has 0 aliphatic heterocycles. The number of anilines is 2. The molecule has 4 rings (SSSR count). The molecule has 0 aliphatic rings. The molecule has 1 unspecified atom stereocenters. The maximum absolute atomic E-state index is 12.9. The van der Waals surface area contributed by atoms with Crippen LogP contribution in [0, 0.1) is 11.3 Å². The highest BCUT2D eigenvalue weighted by Crippen LogP contribution is 2.28. The van der Waals surface area contributed by atoms with Crippen LogP contribution >= 0.6 is 0 Å². The molecule has 4 aromatic rings. The molecule has 2 aromatic heterocycles. The molecule has 0 aliphatic carbocycles. The Morgan fingerprint density at radius 3 is 2.47 bits per heavy atom. The molecule has 222 valence electrons. The molecule has 4 N–H and O–H groups in total. The van der Waals surface area contributed by atoms with E-state index in [4.69, 9.17) is 9.47 Å². The number of methoxy groups -OCH3 is 1. The molecular weight excluding hydrogens is 548 g/mol. The normalized spacial score (nSPS) is 12.5. The van der Waals surface area contributed by atoms with Crippen molar-refractivity contribution in [2.45, 2.75) is 51.8 Å². The Morgan fingerprint density at radius 2 is 1.81 bits per heavy atom. The molecule has 2 aromatic carbocycles. The molecular formula is C32H34N6O5. The zero-order chi connectivity index (χ0) is 31.1. The predicted molar refractivity (Wildman–Crippen MR) is 164 cm³/mol. The van der Waals surface area contributed by atoms with Crippen LogP contribution in [0.5, 0.6) is 0 Å². The van der Waals surface area contributed by atoms with E-state index in [0.29, 0.717) is 29.1 Å². The first-order chi connectivity index (χ1) is 20.5. The summed E-state index contributed by atoms with van der Waals surface area (Å²) in [5.41, 5.74) is 2.99. The number of nitriles is 1. The second-order valence-electron chi connectivity index (χ2n) is 10.9. The van der Waals surface area contributed by atoms with Gasteiger partial charge in [0.15, 0.2) is 0 Å². The van der Waals surface area contributed by atoms with E-state index in [1.54, 1.807) is 57.3 Å². The number of benzene rings is 2. The Balaban J connectivity index is 1.66. The van der Waals surface area contributed by atoms with E-state index in [2.05, 4.69) is 32.0 Å². The van der Waals surface area contributed by atoms with Crippen molar-refractivity contribution in [3.63, 3.8) is 0 Å². The summed E-state index contributed by atoms with van der Waals surface area (Å²) in [6.07, 6.45) is 3.06. The topological polar surface area (TPSA) is 158 Å². The number of carbonyl (C=O) groups excluding carboxylic acids is 3. The fourth-order valence-corrected chi connectivity index (χ4v) is 4.59. The first-order valence-electron chi connectivity index (χ1n) is 13.6. The number of pyridine rings is 1. The van der Waals surface area contributed by atoms with Gasteiger partial charge in [0, 0.05) is 41.5 Å². The lowest BCUT2D eigenvalue weighted by molar-refractivity contribution is -0.114. The number of H-pyrrole nitrogens is 1. The summed E-state index contributed by atoms with van der Waals surface area (Å²) in [6.45, 7) is 6.67. The summed E-state index contributed by atoms with van der Waals surface area (Å²) in [4.78, 5) is 44.5. The van der Waals surface area contributed by atoms with Crippen LogP contribution in [-0.4, -0.2) is 52.7 Å². The van der Waals surface area contributed by atoms with E-state index in [1.165, 1.54) is 14.0 Å². The van der Waals surface area contributed by atoms with Crippen molar-refractivity contribution in [3.05, 3.63) is 78.1 Å². The number of hydrogen-bond acceptors (Lipinski definition) is 8. The highest BCUT2D eigenvalue weighted by atomic mass is 16.6. The van der Waals surface area contributed by atoms with Crippen molar-refractivity contribution in [1.82, 2.24) is 15.3 Å². The molecule has 0 radical (unpaired) electrons. The second kappa shape index (κ2) is 13.1. The summed E-state index contributed by atoms with van der Waals surface area (Å²) in [5.74, 6) is -0.449. The molecule has 0 saturated heterocycles. The minimum Gasteiger partial charge on any atom is -0.465 e. The van der Waals surface area contributed by atoms with E-state index in [9.17, 15) is 19.6 Å². The number of rotatable bonds is 9. The van der Waals surface area contributed by atoms with Gasteiger partial charge in [-0.15, -0.1) is 0 Å². The summed E-state index contributed by atoms with van der Waals surface area (Å²) in [7, 11) is 1.27. The second-order valence-corrected chi connectivity index (χ2v) is 10.9. The third kappa shape index (κ3) is 7.89. The number of alkyl carbamates (subject to hydrolysis) is 1. The van der Waals surface area contributed by atoms with Crippen LogP contribution in [0.4, 0.5) is 16.3 Å². The van der Waals surface area contributed by atoms with Gasteiger partial charge in [0.25, 0.3) is 0 Å². The maximum Gasteiger partial charge on any atom is 0.407 e. The molecule has 2 heterocycles. The molecule has 0 saturated carbocycles. The summed E-state index contributed by atoms with van der Waals surface area (Å²) in [6, 6.07) is 16.8. The predicted octanol–water partition coefficient (Wildman–Crippen LogP) is 5.41. The maximum atomic E-state index is 12.9. The molecule has 0 bridgehead atoms. The Bertz CT molecular complexity index is 1670. The van der Waals surface area contributed by atoms with E-state index in [1.807, 2.05) is 30.5 Å². The third-order valence-corrected chi connectivity index (χ3v) is 6.50. The number of para-hydroxylation sites is 1. The average molecular weight is 583 g/mol. The van der Waals surface area contributed by atoms with Gasteiger partial charge in [-0.1, -0.05) is 24.3 Å². The zero-order valence-electron chi connectivity index (χ0n) is 24.6. The molecule has 11 heteroatoms. The van der Waals surface area contributed by atoms with Crippen molar-refractivity contribution in [1.29, 1.82) is 5.26 Å². The van der Waals surface area contributed by atoms with Gasteiger partial charge in [-0.25, -0.2) is 14.6 Å². The number of nitrogens with one attached hydrogen (secondary N) is 4. The summed E-state index contributed by atoms with van der Waals surface area (Å²) >= 11 is 0.